The quantitative estimate of drug-likeness (QED) is 0.787. The lowest BCUT2D eigenvalue weighted by Gasteiger charge is -2.38. The van der Waals surface area contributed by atoms with Gasteiger partial charge in [-0.1, -0.05) is 0 Å². The summed E-state index contributed by atoms with van der Waals surface area (Å²) in [5, 5.41) is 8.96. The van der Waals surface area contributed by atoms with Crippen molar-refractivity contribution in [3.8, 4) is 6.07 Å². The molecule has 0 aromatic carbocycles. The summed E-state index contributed by atoms with van der Waals surface area (Å²) < 4.78 is 5.23. The fraction of sp³-hybridized carbons (Fsp3) is 0.923. The minimum Gasteiger partial charge on any atom is -0.384 e. The van der Waals surface area contributed by atoms with E-state index in [0.29, 0.717) is 12.0 Å². The molecule has 0 spiro atoms. The van der Waals surface area contributed by atoms with E-state index in [-0.39, 0.29) is 0 Å². The monoisotopic (exact) mass is 239 g/mol. The van der Waals surface area contributed by atoms with Gasteiger partial charge >= 0.3 is 0 Å². The molecule has 1 heterocycles. The van der Waals surface area contributed by atoms with Crippen LogP contribution in [0, 0.1) is 17.2 Å². The predicted molar refractivity (Wildman–Crippen MR) is 68.5 cm³/mol. The Morgan fingerprint density at radius 3 is 2.94 bits per heavy atom. The average Bonchev–Trinajstić information content (AvgIpc) is 2.29. The summed E-state index contributed by atoms with van der Waals surface area (Å²) in [4.78, 5) is 2.44. The molecular weight excluding hydrogens is 214 g/mol. The Morgan fingerprint density at radius 2 is 2.35 bits per heavy atom. The van der Waals surface area contributed by atoms with Crippen LogP contribution in [0.4, 0.5) is 0 Å². The molecule has 17 heavy (non-hydrogen) atoms. The van der Waals surface area contributed by atoms with E-state index in [2.05, 4.69) is 17.9 Å². The van der Waals surface area contributed by atoms with Gasteiger partial charge in [-0.2, -0.15) is 5.26 Å². The molecule has 1 rings (SSSR count). The number of hydrogen-bond acceptors (Lipinski definition) is 4. The van der Waals surface area contributed by atoms with Gasteiger partial charge < -0.3 is 15.4 Å². The van der Waals surface area contributed by atoms with Crippen LogP contribution >= 0.6 is 0 Å². The molecule has 0 aromatic rings. The number of piperidine rings is 1. The Kier molecular flexibility index (Phi) is 5.38. The molecular formula is C13H25N3O. The molecule has 4 heteroatoms. The minimum absolute atomic E-state index is 0.365. The zero-order valence-corrected chi connectivity index (χ0v) is 11.3. The number of methoxy groups -OCH3 is 1. The third-order valence-electron chi connectivity index (χ3n) is 3.55. The Hall–Kier alpha value is -0.630. The van der Waals surface area contributed by atoms with Crippen molar-refractivity contribution in [3.05, 3.63) is 0 Å². The van der Waals surface area contributed by atoms with Crippen LogP contribution in [0.15, 0.2) is 0 Å². The summed E-state index contributed by atoms with van der Waals surface area (Å²) in [5.74, 6) is 0.627. The fourth-order valence-electron chi connectivity index (χ4n) is 2.66. The van der Waals surface area contributed by atoms with Gasteiger partial charge in [0.1, 0.15) is 5.54 Å². The number of rotatable bonds is 5. The maximum atomic E-state index is 8.96. The number of ether oxygens (including phenoxy) is 1. The number of hydrogen-bond donors (Lipinski definition) is 1. The highest BCUT2D eigenvalue weighted by molar-refractivity contribution is 5.03. The van der Waals surface area contributed by atoms with Gasteiger partial charge in [0.15, 0.2) is 0 Å². The molecule has 1 aliphatic heterocycles. The van der Waals surface area contributed by atoms with E-state index < -0.39 is 5.54 Å². The van der Waals surface area contributed by atoms with Crippen LogP contribution in [-0.2, 0) is 4.74 Å². The zero-order valence-electron chi connectivity index (χ0n) is 11.3. The third kappa shape index (κ3) is 4.63. The summed E-state index contributed by atoms with van der Waals surface area (Å²) in [5.41, 5.74) is 5.19. The third-order valence-corrected chi connectivity index (χ3v) is 3.55. The summed E-state index contributed by atoms with van der Waals surface area (Å²) in [6.45, 7) is 6.98. The summed E-state index contributed by atoms with van der Waals surface area (Å²) >= 11 is 0. The lowest BCUT2D eigenvalue weighted by atomic mass is 9.92. The van der Waals surface area contributed by atoms with E-state index in [9.17, 15) is 0 Å². The second-order valence-electron chi connectivity index (χ2n) is 5.54. The molecule has 0 saturated carbocycles. The molecule has 3 unspecified atom stereocenters. The second-order valence-corrected chi connectivity index (χ2v) is 5.54. The van der Waals surface area contributed by atoms with Gasteiger partial charge in [-0.15, -0.1) is 0 Å². The van der Waals surface area contributed by atoms with Crippen LogP contribution in [0.25, 0.3) is 0 Å². The summed E-state index contributed by atoms with van der Waals surface area (Å²) in [6, 6.07) is 2.54. The van der Waals surface area contributed by atoms with Gasteiger partial charge in [0.25, 0.3) is 0 Å². The topological polar surface area (TPSA) is 62.3 Å². The highest BCUT2D eigenvalue weighted by Crippen LogP contribution is 2.22. The lowest BCUT2D eigenvalue weighted by Crippen LogP contribution is -2.47. The zero-order chi connectivity index (χ0) is 12.9. The SMILES string of the molecule is COCC1CCCN(C(C)CC(C)(N)C#N)C1. The van der Waals surface area contributed by atoms with Gasteiger partial charge in [0.2, 0.25) is 0 Å². The molecule has 3 atom stereocenters. The molecule has 1 fully saturated rings. The average molecular weight is 239 g/mol. The molecule has 0 radical (unpaired) electrons. The fourth-order valence-corrected chi connectivity index (χ4v) is 2.66. The highest BCUT2D eigenvalue weighted by atomic mass is 16.5. The van der Waals surface area contributed by atoms with Gasteiger partial charge in [-0.3, -0.25) is 0 Å². The van der Waals surface area contributed by atoms with E-state index in [4.69, 9.17) is 15.7 Å². The Morgan fingerprint density at radius 1 is 1.65 bits per heavy atom. The van der Waals surface area contributed by atoms with Gasteiger partial charge in [-0.25, -0.2) is 0 Å². The van der Waals surface area contributed by atoms with E-state index in [1.807, 2.05) is 0 Å². The van der Waals surface area contributed by atoms with E-state index in [0.717, 1.165) is 26.1 Å². The Bertz CT molecular complexity index is 270. The molecule has 0 bridgehead atoms. The first-order chi connectivity index (χ1) is 7.98. The van der Waals surface area contributed by atoms with E-state index in [1.165, 1.54) is 12.8 Å². The van der Waals surface area contributed by atoms with Crippen molar-refractivity contribution >= 4 is 0 Å². The molecule has 1 saturated heterocycles. The number of nitrogens with zero attached hydrogens (tertiary/aromatic N) is 2. The van der Waals surface area contributed by atoms with Crippen molar-refractivity contribution in [2.75, 3.05) is 26.8 Å². The minimum atomic E-state index is -0.715. The van der Waals surface area contributed by atoms with Crippen LogP contribution in [0.5, 0.6) is 0 Å². The Balaban J connectivity index is 2.46. The molecule has 0 aromatic heterocycles. The van der Waals surface area contributed by atoms with Gasteiger partial charge in [0.05, 0.1) is 12.7 Å². The second kappa shape index (κ2) is 6.34. The Labute approximate surface area is 105 Å². The van der Waals surface area contributed by atoms with Crippen molar-refractivity contribution < 1.29 is 4.74 Å². The molecule has 98 valence electrons. The maximum Gasteiger partial charge on any atom is 0.102 e. The van der Waals surface area contributed by atoms with Crippen molar-refractivity contribution in [3.63, 3.8) is 0 Å². The summed E-state index contributed by atoms with van der Waals surface area (Å²) in [7, 11) is 1.76. The van der Waals surface area contributed by atoms with E-state index in [1.54, 1.807) is 14.0 Å². The van der Waals surface area contributed by atoms with Crippen LogP contribution < -0.4 is 5.73 Å². The highest BCUT2D eigenvalue weighted by Gasteiger charge is 2.28. The van der Waals surface area contributed by atoms with Crippen LogP contribution in [0.1, 0.15) is 33.1 Å². The van der Waals surface area contributed by atoms with Crippen LogP contribution in [0.2, 0.25) is 0 Å². The van der Waals surface area contributed by atoms with Crippen LogP contribution in [0.3, 0.4) is 0 Å². The van der Waals surface area contributed by atoms with E-state index >= 15 is 0 Å². The van der Waals surface area contributed by atoms with Crippen molar-refractivity contribution in [1.82, 2.24) is 4.90 Å². The number of likely N-dealkylation sites (tertiary alicyclic amines) is 1. The number of nitrogens with two attached hydrogens (primary N) is 1. The first-order valence-electron chi connectivity index (χ1n) is 6.41. The predicted octanol–water partition coefficient (Wildman–Crippen LogP) is 1.36. The number of nitriles is 1. The standard InChI is InChI=1S/C13H25N3O/c1-11(7-13(2,15)10-14)16-6-4-5-12(8-16)9-17-3/h11-12H,4-9,15H2,1-3H3. The molecule has 4 nitrogen and oxygen atoms in total. The molecule has 0 amide bonds. The van der Waals surface area contributed by atoms with Gasteiger partial charge in [-0.05, 0) is 45.6 Å². The summed E-state index contributed by atoms with van der Waals surface area (Å²) in [6.07, 6.45) is 3.19. The molecule has 2 N–H and O–H groups in total. The maximum absolute atomic E-state index is 8.96. The first kappa shape index (κ1) is 14.4. The van der Waals surface area contributed by atoms with Crippen LogP contribution in [-0.4, -0.2) is 43.3 Å². The molecule has 1 aliphatic rings. The van der Waals surface area contributed by atoms with Crippen molar-refractivity contribution in [1.29, 1.82) is 5.26 Å². The van der Waals surface area contributed by atoms with Gasteiger partial charge in [0, 0.05) is 19.7 Å². The van der Waals surface area contributed by atoms with Crippen molar-refractivity contribution in [2.45, 2.75) is 44.7 Å². The molecule has 0 aliphatic carbocycles. The first-order valence-corrected chi connectivity index (χ1v) is 6.41. The smallest absolute Gasteiger partial charge is 0.102 e. The lowest BCUT2D eigenvalue weighted by molar-refractivity contribution is 0.0668. The normalized spacial score (nSPS) is 27.1. The van der Waals surface area contributed by atoms with Crippen molar-refractivity contribution in [2.24, 2.45) is 11.7 Å². The largest absolute Gasteiger partial charge is 0.384 e.